The molecule has 10 heteroatoms. The first-order valence-electron chi connectivity index (χ1n) is 14.4. The highest BCUT2D eigenvalue weighted by Gasteiger charge is 2.44. The van der Waals surface area contributed by atoms with Crippen molar-refractivity contribution >= 4 is 23.6 Å². The van der Waals surface area contributed by atoms with Crippen molar-refractivity contribution in [3.8, 4) is 11.5 Å². The molecule has 2 heterocycles. The summed E-state index contributed by atoms with van der Waals surface area (Å²) in [6.07, 6.45) is 4.04. The molecule has 1 saturated heterocycles. The Kier molecular flexibility index (Phi) is 8.75. The number of piperidine rings is 1. The van der Waals surface area contributed by atoms with Gasteiger partial charge in [-0.15, -0.1) is 0 Å². The first kappa shape index (κ1) is 28.4. The minimum Gasteiger partial charge on any atom is -0.493 e. The van der Waals surface area contributed by atoms with E-state index in [-0.39, 0.29) is 36.1 Å². The van der Waals surface area contributed by atoms with Crippen LogP contribution < -0.4 is 14.8 Å². The number of hydrazone groups is 1. The summed E-state index contributed by atoms with van der Waals surface area (Å²) in [6.45, 7) is 0.852. The first-order valence-corrected chi connectivity index (χ1v) is 14.4. The molecule has 2 N–H and O–H groups in total. The lowest BCUT2D eigenvalue weighted by Gasteiger charge is -2.43. The van der Waals surface area contributed by atoms with Crippen LogP contribution in [0.4, 0.5) is 4.79 Å². The lowest BCUT2D eigenvalue weighted by atomic mass is 9.73. The average molecular weight is 563 g/mol. The van der Waals surface area contributed by atoms with Gasteiger partial charge in [0.1, 0.15) is 6.04 Å². The molecular weight excluding hydrogens is 524 g/mol. The van der Waals surface area contributed by atoms with Gasteiger partial charge in [-0.05, 0) is 49.4 Å². The number of hydrogen-bond donors (Lipinski definition) is 2. The van der Waals surface area contributed by atoms with Gasteiger partial charge in [-0.3, -0.25) is 9.59 Å². The lowest BCUT2D eigenvalue weighted by molar-refractivity contribution is -0.143. The van der Waals surface area contributed by atoms with Crippen LogP contribution in [-0.2, 0) is 16.0 Å². The van der Waals surface area contributed by atoms with E-state index >= 15 is 0 Å². The van der Waals surface area contributed by atoms with Crippen LogP contribution in [-0.4, -0.2) is 78.0 Å². The van der Waals surface area contributed by atoms with Gasteiger partial charge in [-0.1, -0.05) is 43.2 Å². The molecule has 2 aromatic rings. The summed E-state index contributed by atoms with van der Waals surface area (Å²) in [4.78, 5) is 40.3. The van der Waals surface area contributed by atoms with Gasteiger partial charge >= 0.3 is 6.09 Å². The summed E-state index contributed by atoms with van der Waals surface area (Å²) in [5, 5.41) is 18.4. The number of hydrogen-bond acceptors (Lipinski definition) is 6. The van der Waals surface area contributed by atoms with E-state index in [2.05, 4.69) is 5.32 Å². The zero-order chi connectivity index (χ0) is 28.9. The molecule has 0 aromatic heterocycles. The highest BCUT2D eigenvalue weighted by molar-refractivity contribution is 6.07. The summed E-state index contributed by atoms with van der Waals surface area (Å²) in [5.74, 6) is 1.03. The van der Waals surface area contributed by atoms with E-state index in [9.17, 15) is 19.5 Å². The molecular formula is C31H38N4O6. The lowest BCUT2D eigenvalue weighted by Crippen LogP contribution is -2.55. The van der Waals surface area contributed by atoms with Crippen LogP contribution in [0, 0.1) is 11.8 Å². The topological polar surface area (TPSA) is 121 Å². The quantitative estimate of drug-likeness (QED) is 0.503. The molecule has 2 fully saturated rings. The molecule has 0 unspecified atom stereocenters. The standard InChI is InChI=1S/C31H38N4O6/c1-40-26-13-12-21(19-27(26)41-2)28-23-10-6-7-11-24(23)29(36)35(33-28)22-14-16-34(17-15-22)30(37)25(32-31(38)39)18-20-8-4-3-5-9-20/h3-5,8-9,12-13,19,22-25,32H,6-7,10-11,14-18H2,1-2H3,(H,38,39)/t23-,24+,25+/m1/s1. The third-order valence-electron chi connectivity index (χ3n) is 8.56. The number of carbonyl (C=O) groups is 3. The van der Waals surface area contributed by atoms with Crippen LogP contribution >= 0.6 is 0 Å². The Morgan fingerprint density at radius 3 is 2.32 bits per heavy atom. The van der Waals surface area contributed by atoms with Crippen molar-refractivity contribution in [1.82, 2.24) is 15.2 Å². The molecule has 3 atom stereocenters. The van der Waals surface area contributed by atoms with Gasteiger partial charge in [-0.2, -0.15) is 5.10 Å². The minimum absolute atomic E-state index is 0.0631. The average Bonchev–Trinajstić information content (AvgIpc) is 3.01. The SMILES string of the molecule is COc1ccc(C2=NN(C3CCN(C(=O)[C@H](Cc4ccccc4)NC(=O)O)CC3)C(=O)[C@H]3CCCC[C@@H]23)cc1OC. The summed E-state index contributed by atoms with van der Waals surface area (Å²) in [6, 6.07) is 14.1. The number of likely N-dealkylation sites (tertiary alicyclic amines) is 1. The fourth-order valence-corrected chi connectivity index (χ4v) is 6.44. The second kappa shape index (κ2) is 12.6. The van der Waals surface area contributed by atoms with Gasteiger partial charge in [0.2, 0.25) is 11.8 Å². The van der Waals surface area contributed by atoms with E-state index in [1.165, 1.54) is 0 Å². The second-order valence-electron chi connectivity index (χ2n) is 11.0. The second-order valence-corrected chi connectivity index (χ2v) is 11.0. The van der Waals surface area contributed by atoms with Crippen molar-refractivity contribution in [2.75, 3.05) is 27.3 Å². The highest BCUT2D eigenvalue weighted by Crippen LogP contribution is 2.40. The van der Waals surface area contributed by atoms with E-state index in [1.807, 2.05) is 48.5 Å². The van der Waals surface area contributed by atoms with Crippen LogP contribution in [0.2, 0.25) is 0 Å². The third kappa shape index (κ3) is 6.16. The molecule has 3 amide bonds. The maximum atomic E-state index is 13.7. The Balaban J connectivity index is 1.34. The maximum absolute atomic E-state index is 13.7. The normalized spacial score (nSPS) is 21.9. The summed E-state index contributed by atoms with van der Waals surface area (Å²) >= 11 is 0. The number of amides is 3. The molecule has 0 radical (unpaired) electrons. The number of nitrogens with one attached hydrogen (secondary N) is 1. The van der Waals surface area contributed by atoms with E-state index in [0.717, 1.165) is 42.5 Å². The molecule has 218 valence electrons. The predicted octanol–water partition coefficient (Wildman–Crippen LogP) is 3.93. The van der Waals surface area contributed by atoms with Crippen LogP contribution in [0.25, 0.3) is 0 Å². The zero-order valence-corrected chi connectivity index (χ0v) is 23.6. The van der Waals surface area contributed by atoms with E-state index in [1.54, 1.807) is 24.1 Å². The Morgan fingerprint density at radius 2 is 1.66 bits per heavy atom. The van der Waals surface area contributed by atoms with Gasteiger partial charge in [0.15, 0.2) is 11.5 Å². The number of nitrogens with zero attached hydrogens (tertiary/aromatic N) is 3. The third-order valence-corrected chi connectivity index (χ3v) is 8.56. The molecule has 2 aromatic carbocycles. The van der Waals surface area contributed by atoms with Crippen molar-refractivity contribution in [2.45, 2.75) is 57.0 Å². The highest BCUT2D eigenvalue weighted by atomic mass is 16.5. The Bertz CT molecular complexity index is 1290. The Labute approximate surface area is 240 Å². The molecule has 1 saturated carbocycles. The number of carbonyl (C=O) groups excluding carboxylic acids is 2. The summed E-state index contributed by atoms with van der Waals surface area (Å²) < 4.78 is 11.0. The van der Waals surface area contributed by atoms with Crippen molar-refractivity contribution in [3.05, 3.63) is 59.7 Å². The molecule has 10 nitrogen and oxygen atoms in total. The Hall–Kier alpha value is -4.08. The molecule has 0 spiro atoms. The van der Waals surface area contributed by atoms with Gasteiger partial charge in [0, 0.05) is 36.9 Å². The van der Waals surface area contributed by atoms with Crippen LogP contribution in [0.3, 0.4) is 0 Å². The van der Waals surface area contributed by atoms with E-state index in [0.29, 0.717) is 37.4 Å². The smallest absolute Gasteiger partial charge is 0.405 e. The van der Waals surface area contributed by atoms with Crippen molar-refractivity contribution in [2.24, 2.45) is 16.9 Å². The van der Waals surface area contributed by atoms with Gasteiger partial charge < -0.3 is 24.8 Å². The van der Waals surface area contributed by atoms with E-state index < -0.39 is 12.1 Å². The fraction of sp³-hybridized carbons (Fsp3) is 0.484. The first-order chi connectivity index (χ1) is 19.9. The monoisotopic (exact) mass is 562 g/mol. The molecule has 0 bridgehead atoms. The number of benzene rings is 2. The molecule has 5 rings (SSSR count). The van der Waals surface area contributed by atoms with Crippen molar-refractivity contribution < 1.29 is 29.0 Å². The predicted molar refractivity (Wildman–Crippen MR) is 153 cm³/mol. The largest absolute Gasteiger partial charge is 0.493 e. The molecule has 2 aliphatic heterocycles. The number of methoxy groups -OCH3 is 2. The van der Waals surface area contributed by atoms with Crippen LogP contribution in [0.5, 0.6) is 11.5 Å². The molecule has 1 aliphatic carbocycles. The van der Waals surface area contributed by atoms with Gasteiger partial charge in [0.25, 0.3) is 0 Å². The number of ether oxygens (including phenoxy) is 2. The fourth-order valence-electron chi connectivity index (χ4n) is 6.44. The van der Waals surface area contributed by atoms with Crippen LogP contribution in [0.1, 0.15) is 49.7 Å². The summed E-state index contributed by atoms with van der Waals surface area (Å²) in [5.41, 5.74) is 2.71. The van der Waals surface area contributed by atoms with E-state index in [4.69, 9.17) is 14.6 Å². The number of fused-ring (bicyclic) bond motifs is 1. The number of rotatable bonds is 8. The van der Waals surface area contributed by atoms with Gasteiger partial charge in [0.05, 0.1) is 26.0 Å². The zero-order valence-electron chi connectivity index (χ0n) is 23.6. The minimum atomic E-state index is -1.23. The maximum Gasteiger partial charge on any atom is 0.405 e. The van der Waals surface area contributed by atoms with Crippen molar-refractivity contribution in [3.63, 3.8) is 0 Å². The molecule has 3 aliphatic rings. The van der Waals surface area contributed by atoms with Gasteiger partial charge in [-0.25, -0.2) is 9.80 Å². The summed E-state index contributed by atoms with van der Waals surface area (Å²) in [7, 11) is 3.21. The Morgan fingerprint density at radius 1 is 0.976 bits per heavy atom. The molecule has 41 heavy (non-hydrogen) atoms. The van der Waals surface area contributed by atoms with Crippen molar-refractivity contribution in [1.29, 1.82) is 0 Å². The van der Waals surface area contributed by atoms with Crippen LogP contribution in [0.15, 0.2) is 53.6 Å². The number of carboxylic acid groups (broad SMARTS) is 1.